The molecule has 21 heteroatoms. The lowest BCUT2D eigenvalue weighted by Gasteiger charge is -2.31. The van der Waals surface area contributed by atoms with Gasteiger partial charge in [-0.25, -0.2) is 4.79 Å². The molecule has 69 heavy (non-hydrogen) atoms. The van der Waals surface area contributed by atoms with Gasteiger partial charge in [0.2, 0.25) is 41.4 Å². The van der Waals surface area contributed by atoms with Crippen LogP contribution in [0, 0.1) is 5.92 Å². The monoisotopic (exact) mass is 971 g/mol. The van der Waals surface area contributed by atoms with Crippen molar-refractivity contribution in [3.05, 3.63) is 47.7 Å². The second kappa shape index (κ2) is 28.5. The lowest BCUT2D eigenvalue weighted by atomic mass is 10.00. The van der Waals surface area contributed by atoms with Crippen LogP contribution in [0.5, 0.6) is 0 Å². The fourth-order valence-corrected chi connectivity index (χ4v) is 8.29. The van der Waals surface area contributed by atoms with E-state index in [0.717, 1.165) is 32.1 Å². The summed E-state index contributed by atoms with van der Waals surface area (Å²) in [6, 6.07) is -0.388. The summed E-state index contributed by atoms with van der Waals surface area (Å²) < 4.78 is 0. The maximum atomic E-state index is 14.2. The van der Waals surface area contributed by atoms with E-state index in [1.165, 1.54) is 29.7 Å². The van der Waals surface area contributed by atoms with Crippen molar-refractivity contribution in [1.82, 2.24) is 41.7 Å². The van der Waals surface area contributed by atoms with Gasteiger partial charge in [0.15, 0.2) is 6.04 Å². The van der Waals surface area contributed by atoms with E-state index in [0.29, 0.717) is 24.8 Å². The van der Waals surface area contributed by atoms with Crippen LogP contribution in [0.2, 0.25) is 0 Å². The highest BCUT2D eigenvalue weighted by atomic mass is 16.4. The Labute approximate surface area is 404 Å². The Morgan fingerprint density at radius 1 is 0.725 bits per heavy atom. The van der Waals surface area contributed by atoms with Gasteiger partial charge in [-0.3, -0.25) is 38.4 Å². The van der Waals surface area contributed by atoms with E-state index in [1.54, 1.807) is 51.1 Å². The van der Waals surface area contributed by atoms with Crippen molar-refractivity contribution in [2.45, 2.75) is 173 Å². The number of nitrogens with one attached hydrogen (secondary N) is 6. The van der Waals surface area contributed by atoms with Gasteiger partial charge < -0.3 is 62.1 Å². The quantitative estimate of drug-likeness (QED) is 0.0408. The molecule has 3 rings (SSSR count). The summed E-state index contributed by atoms with van der Waals surface area (Å²) in [5.41, 5.74) is 0.585. The standard InChI is InChI=1S/C48H74N8O13/c1-7-9-10-11-15-20-32(59)26-38(60)50-33(8-2)46(66)55-23-16-21-36(55)43(63)52-35(27-57)42(62)49-29(5)41(61)53-39(28(3)4)45(65)51-34(25-31-18-13-12-14-19-31)47(67)56-24-17-22-37(56)44(64)54-40(30(6)58)48(68)69/h8,12-14,18-19,28-30,32,34-37,39-40,57-59H,7,9-11,15-17,20-27H2,1-6H3,(H,49,62)(H,50,60)(H,51,65)(H,52,63)(H,53,61)(H,54,64)(H,68,69)/b33-8-/t29-,30+,32+,34-,35+,36+,37-,39-,40?/m0/s1. The number of benzene rings is 1. The number of likely N-dealkylation sites (tertiary alicyclic amines) is 2. The lowest BCUT2D eigenvalue weighted by Crippen LogP contribution is -2.61. The molecule has 0 bridgehead atoms. The molecule has 0 saturated carbocycles. The van der Waals surface area contributed by atoms with Gasteiger partial charge in [-0.15, -0.1) is 0 Å². The third kappa shape index (κ3) is 17.5. The first kappa shape index (κ1) is 57.4. The minimum Gasteiger partial charge on any atom is -0.480 e. The van der Waals surface area contributed by atoms with Crippen LogP contribution >= 0.6 is 0 Å². The number of rotatable bonds is 27. The predicted octanol–water partition coefficient (Wildman–Crippen LogP) is -0.0998. The number of aliphatic hydroxyl groups excluding tert-OH is 3. The number of hydrogen-bond acceptors (Lipinski definition) is 12. The largest absolute Gasteiger partial charge is 0.480 e. The first-order valence-electron chi connectivity index (χ1n) is 24.1. The van der Waals surface area contributed by atoms with Gasteiger partial charge in [0, 0.05) is 19.5 Å². The fourth-order valence-electron chi connectivity index (χ4n) is 8.29. The fraction of sp³-hybridized carbons (Fsp3) is 0.646. The topological polar surface area (TPSA) is 313 Å². The Bertz CT molecular complexity index is 1960. The first-order chi connectivity index (χ1) is 32.7. The zero-order valence-electron chi connectivity index (χ0n) is 40.7. The molecular formula is C48H74N8O13. The van der Waals surface area contributed by atoms with Crippen LogP contribution in [0.3, 0.4) is 0 Å². The highest BCUT2D eigenvalue weighted by Crippen LogP contribution is 2.22. The van der Waals surface area contributed by atoms with E-state index in [2.05, 4.69) is 38.8 Å². The number of carboxylic acid groups (broad SMARTS) is 1. The molecule has 2 aliphatic rings. The molecule has 2 aliphatic heterocycles. The number of aliphatic hydroxyl groups is 3. The molecular weight excluding hydrogens is 897 g/mol. The molecule has 9 atom stereocenters. The molecule has 1 unspecified atom stereocenters. The SMILES string of the molecule is C/C=C(\NC(=O)C[C@H](O)CCCCCCC)C(=O)N1CCC[C@@H]1C(=O)N[C@H](CO)C(=O)N[C@@H](C)C(=O)N[C@H](C(=O)N[C@@H](Cc1ccccc1)C(=O)N1CCC[C@H]1C(=O)NC(C(=O)O)[C@@H](C)O)C(C)C. The molecule has 0 spiro atoms. The number of aliphatic carboxylic acids is 1. The number of carbonyl (C=O) groups is 9. The average Bonchev–Trinajstić information content (AvgIpc) is 4.01. The highest BCUT2D eigenvalue weighted by molar-refractivity contribution is 6.01. The van der Waals surface area contributed by atoms with Crippen LogP contribution in [0.4, 0.5) is 0 Å². The van der Waals surface area contributed by atoms with E-state index in [-0.39, 0.29) is 44.5 Å². The van der Waals surface area contributed by atoms with Gasteiger partial charge in [0.25, 0.3) is 5.91 Å². The zero-order chi connectivity index (χ0) is 51.4. The van der Waals surface area contributed by atoms with Crippen molar-refractivity contribution in [3.63, 3.8) is 0 Å². The average molecular weight is 971 g/mol. The summed E-state index contributed by atoms with van der Waals surface area (Å²) in [6.07, 6.45) is 5.53. The predicted molar refractivity (Wildman–Crippen MR) is 252 cm³/mol. The molecule has 0 aromatic heterocycles. The van der Waals surface area contributed by atoms with E-state index >= 15 is 0 Å². The van der Waals surface area contributed by atoms with E-state index in [1.807, 2.05) is 0 Å². The molecule has 2 saturated heterocycles. The molecule has 8 amide bonds. The second-order valence-corrected chi connectivity index (χ2v) is 18.2. The first-order valence-corrected chi connectivity index (χ1v) is 24.1. The number of nitrogens with zero attached hydrogens (tertiary/aromatic N) is 2. The minimum absolute atomic E-state index is 0.00859. The maximum Gasteiger partial charge on any atom is 0.328 e. The third-order valence-electron chi connectivity index (χ3n) is 12.3. The van der Waals surface area contributed by atoms with Crippen LogP contribution < -0.4 is 31.9 Å². The molecule has 21 nitrogen and oxygen atoms in total. The summed E-state index contributed by atoms with van der Waals surface area (Å²) in [5, 5.41) is 55.0. The number of carbonyl (C=O) groups excluding carboxylic acids is 8. The van der Waals surface area contributed by atoms with Gasteiger partial charge in [-0.05, 0) is 64.4 Å². The molecule has 10 N–H and O–H groups in total. The van der Waals surface area contributed by atoms with Gasteiger partial charge in [-0.2, -0.15) is 0 Å². The minimum atomic E-state index is -1.62. The van der Waals surface area contributed by atoms with Crippen molar-refractivity contribution in [2.75, 3.05) is 19.7 Å². The van der Waals surface area contributed by atoms with Crippen LogP contribution in [-0.2, 0) is 49.6 Å². The Kier molecular flexibility index (Phi) is 23.7. The van der Waals surface area contributed by atoms with Gasteiger partial charge in [-0.1, -0.05) is 89.3 Å². The van der Waals surface area contributed by atoms with Gasteiger partial charge >= 0.3 is 5.97 Å². The van der Waals surface area contributed by atoms with E-state index in [4.69, 9.17) is 0 Å². The second-order valence-electron chi connectivity index (χ2n) is 18.2. The number of hydrogen-bond donors (Lipinski definition) is 10. The van der Waals surface area contributed by atoms with Gasteiger partial charge in [0.1, 0.15) is 41.9 Å². The summed E-state index contributed by atoms with van der Waals surface area (Å²) in [4.78, 5) is 122. The van der Waals surface area contributed by atoms with E-state index < -0.39 is 120 Å². The normalized spacial score (nSPS) is 19.0. The maximum absolute atomic E-state index is 14.2. The van der Waals surface area contributed by atoms with Crippen molar-refractivity contribution < 1.29 is 63.6 Å². The third-order valence-corrected chi connectivity index (χ3v) is 12.3. The van der Waals surface area contributed by atoms with Gasteiger partial charge in [0.05, 0.1) is 25.2 Å². The van der Waals surface area contributed by atoms with Crippen molar-refractivity contribution in [1.29, 1.82) is 0 Å². The Hall–Kier alpha value is -5.93. The summed E-state index contributed by atoms with van der Waals surface area (Å²) in [6.45, 7) is 8.89. The molecule has 384 valence electrons. The summed E-state index contributed by atoms with van der Waals surface area (Å²) >= 11 is 0. The smallest absolute Gasteiger partial charge is 0.328 e. The van der Waals surface area contributed by atoms with Crippen LogP contribution in [0.15, 0.2) is 42.1 Å². The number of unbranched alkanes of at least 4 members (excludes halogenated alkanes) is 4. The number of allylic oxidation sites excluding steroid dienone is 1. The Balaban J connectivity index is 1.65. The van der Waals surface area contributed by atoms with Crippen LogP contribution in [0.1, 0.15) is 118 Å². The summed E-state index contributed by atoms with van der Waals surface area (Å²) in [7, 11) is 0. The molecule has 0 radical (unpaired) electrons. The Morgan fingerprint density at radius 2 is 1.33 bits per heavy atom. The molecule has 1 aromatic carbocycles. The van der Waals surface area contributed by atoms with Crippen molar-refractivity contribution in [3.8, 4) is 0 Å². The molecule has 0 aliphatic carbocycles. The summed E-state index contributed by atoms with van der Waals surface area (Å²) in [5.74, 6) is -7.89. The van der Waals surface area contributed by atoms with Crippen LogP contribution in [0.25, 0.3) is 0 Å². The van der Waals surface area contributed by atoms with Crippen molar-refractivity contribution >= 4 is 53.2 Å². The Morgan fingerprint density at radius 3 is 1.91 bits per heavy atom. The number of amides is 8. The highest BCUT2D eigenvalue weighted by Gasteiger charge is 2.41. The molecule has 2 heterocycles. The zero-order valence-corrected chi connectivity index (χ0v) is 40.7. The van der Waals surface area contributed by atoms with E-state index in [9.17, 15) is 63.6 Å². The number of carboxylic acids is 1. The van der Waals surface area contributed by atoms with Crippen LogP contribution in [-0.4, -0.2) is 158 Å². The molecule has 1 aromatic rings. The molecule has 2 fully saturated rings. The lowest BCUT2D eigenvalue weighted by molar-refractivity contribution is -0.147. The van der Waals surface area contributed by atoms with Crippen molar-refractivity contribution in [2.24, 2.45) is 5.92 Å².